The molecule has 0 unspecified atom stereocenters. The standard InChI is InChI=1S/C10H14O4/c1-13-9-4-10(14-2)8(6-12)3-7(9)5-11/h3-4,11-12H,5-6H2,1-2H3. The van der Waals surface area contributed by atoms with Gasteiger partial charge in [-0.2, -0.15) is 0 Å². The van der Waals surface area contributed by atoms with E-state index in [2.05, 4.69) is 0 Å². The van der Waals surface area contributed by atoms with E-state index in [4.69, 9.17) is 19.7 Å². The minimum Gasteiger partial charge on any atom is -0.496 e. The Morgan fingerprint density at radius 1 is 0.929 bits per heavy atom. The molecule has 14 heavy (non-hydrogen) atoms. The van der Waals surface area contributed by atoms with Crippen LogP contribution in [0.1, 0.15) is 11.1 Å². The molecule has 0 saturated carbocycles. The Balaban J connectivity index is 3.20. The first-order valence-electron chi connectivity index (χ1n) is 4.22. The second-order valence-electron chi connectivity index (χ2n) is 2.79. The summed E-state index contributed by atoms with van der Waals surface area (Å²) in [7, 11) is 3.04. The van der Waals surface area contributed by atoms with Gasteiger partial charge in [0.15, 0.2) is 0 Å². The number of ether oxygens (including phenoxy) is 2. The van der Waals surface area contributed by atoms with Crippen LogP contribution in [0.5, 0.6) is 11.5 Å². The Kier molecular flexibility index (Phi) is 3.73. The van der Waals surface area contributed by atoms with E-state index >= 15 is 0 Å². The van der Waals surface area contributed by atoms with Crippen LogP contribution in [0, 0.1) is 0 Å². The minimum atomic E-state index is -0.125. The molecular formula is C10H14O4. The Morgan fingerprint density at radius 2 is 1.36 bits per heavy atom. The van der Waals surface area contributed by atoms with E-state index in [1.54, 1.807) is 12.1 Å². The zero-order valence-corrected chi connectivity index (χ0v) is 8.28. The third kappa shape index (κ3) is 1.97. The van der Waals surface area contributed by atoms with E-state index in [1.165, 1.54) is 14.2 Å². The lowest BCUT2D eigenvalue weighted by Crippen LogP contribution is -1.98. The lowest BCUT2D eigenvalue weighted by atomic mass is 10.1. The summed E-state index contributed by atoms with van der Waals surface area (Å²) in [5.41, 5.74) is 1.27. The summed E-state index contributed by atoms with van der Waals surface area (Å²) in [4.78, 5) is 0. The highest BCUT2D eigenvalue weighted by atomic mass is 16.5. The van der Waals surface area contributed by atoms with E-state index in [9.17, 15) is 0 Å². The molecule has 0 radical (unpaired) electrons. The number of aliphatic hydroxyl groups excluding tert-OH is 2. The van der Waals surface area contributed by atoms with Gasteiger partial charge in [-0.1, -0.05) is 0 Å². The summed E-state index contributed by atoms with van der Waals surface area (Å²) in [5, 5.41) is 18.1. The molecule has 78 valence electrons. The molecule has 1 aromatic carbocycles. The van der Waals surface area contributed by atoms with Crippen LogP contribution in [0.15, 0.2) is 12.1 Å². The molecule has 0 saturated heterocycles. The summed E-state index contributed by atoms with van der Waals surface area (Å²) >= 11 is 0. The van der Waals surface area contributed by atoms with Crippen molar-refractivity contribution in [1.82, 2.24) is 0 Å². The third-order valence-electron chi connectivity index (χ3n) is 2.02. The Hall–Kier alpha value is -1.26. The molecule has 0 aliphatic heterocycles. The topological polar surface area (TPSA) is 58.9 Å². The largest absolute Gasteiger partial charge is 0.496 e. The summed E-state index contributed by atoms with van der Waals surface area (Å²) in [6.07, 6.45) is 0. The van der Waals surface area contributed by atoms with E-state index in [1.807, 2.05) is 0 Å². The zero-order valence-electron chi connectivity index (χ0n) is 8.28. The van der Waals surface area contributed by atoms with Gasteiger partial charge in [-0.05, 0) is 6.07 Å². The molecule has 0 atom stereocenters. The Bertz CT molecular complexity index is 251. The molecule has 1 aromatic rings. The molecule has 0 bridgehead atoms. The van der Waals surface area contributed by atoms with Crippen molar-refractivity contribution in [2.24, 2.45) is 0 Å². The van der Waals surface area contributed by atoms with Crippen molar-refractivity contribution in [2.75, 3.05) is 14.2 Å². The number of methoxy groups -OCH3 is 2. The number of benzene rings is 1. The molecule has 0 heterocycles. The predicted molar refractivity (Wildman–Crippen MR) is 51.4 cm³/mol. The van der Waals surface area contributed by atoms with Crippen LogP contribution in [0.3, 0.4) is 0 Å². The average Bonchev–Trinajstić information content (AvgIpc) is 2.26. The van der Waals surface area contributed by atoms with Gasteiger partial charge in [0.25, 0.3) is 0 Å². The van der Waals surface area contributed by atoms with Crippen LogP contribution in [0.25, 0.3) is 0 Å². The Labute approximate surface area is 82.7 Å². The number of aliphatic hydroxyl groups is 2. The normalized spacial score (nSPS) is 10.0. The fraction of sp³-hybridized carbons (Fsp3) is 0.400. The number of hydrogen-bond acceptors (Lipinski definition) is 4. The van der Waals surface area contributed by atoms with Gasteiger partial charge in [0.05, 0.1) is 27.4 Å². The zero-order chi connectivity index (χ0) is 10.6. The molecule has 4 heteroatoms. The molecule has 0 aliphatic carbocycles. The van der Waals surface area contributed by atoms with Crippen LogP contribution >= 0.6 is 0 Å². The van der Waals surface area contributed by atoms with Crippen molar-refractivity contribution < 1.29 is 19.7 Å². The molecule has 0 aromatic heterocycles. The molecule has 0 spiro atoms. The first-order chi connectivity index (χ1) is 6.76. The second-order valence-corrected chi connectivity index (χ2v) is 2.79. The van der Waals surface area contributed by atoms with Crippen LogP contribution < -0.4 is 9.47 Å². The summed E-state index contributed by atoms with van der Waals surface area (Å²) in [6, 6.07) is 3.31. The van der Waals surface area contributed by atoms with Crippen LogP contribution in [0.4, 0.5) is 0 Å². The Morgan fingerprint density at radius 3 is 1.64 bits per heavy atom. The highest BCUT2D eigenvalue weighted by Crippen LogP contribution is 2.28. The fourth-order valence-electron chi connectivity index (χ4n) is 1.28. The summed E-state index contributed by atoms with van der Waals surface area (Å²) in [5.74, 6) is 1.11. The molecule has 2 N–H and O–H groups in total. The van der Waals surface area contributed by atoms with Gasteiger partial charge >= 0.3 is 0 Å². The highest BCUT2D eigenvalue weighted by Gasteiger charge is 2.09. The molecule has 0 aliphatic rings. The molecular weight excluding hydrogens is 184 g/mol. The average molecular weight is 198 g/mol. The monoisotopic (exact) mass is 198 g/mol. The number of hydrogen-bond donors (Lipinski definition) is 2. The van der Waals surface area contributed by atoms with Crippen molar-refractivity contribution in [2.45, 2.75) is 13.2 Å². The summed E-state index contributed by atoms with van der Waals surface area (Å²) < 4.78 is 10.1. The lowest BCUT2D eigenvalue weighted by molar-refractivity contribution is 0.264. The lowest BCUT2D eigenvalue weighted by Gasteiger charge is -2.12. The van der Waals surface area contributed by atoms with E-state index < -0.39 is 0 Å². The highest BCUT2D eigenvalue weighted by molar-refractivity contribution is 5.46. The molecule has 4 nitrogen and oxygen atoms in total. The van der Waals surface area contributed by atoms with Crippen LogP contribution in [-0.4, -0.2) is 24.4 Å². The predicted octanol–water partition coefficient (Wildman–Crippen LogP) is 0.688. The molecule has 1 rings (SSSR count). The van der Waals surface area contributed by atoms with E-state index in [-0.39, 0.29) is 13.2 Å². The third-order valence-corrected chi connectivity index (χ3v) is 2.02. The van der Waals surface area contributed by atoms with Gasteiger partial charge < -0.3 is 19.7 Å². The quantitative estimate of drug-likeness (QED) is 0.747. The maximum atomic E-state index is 9.03. The fourth-order valence-corrected chi connectivity index (χ4v) is 1.28. The minimum absolute atomic E-state index is 0.125. The maximum Gasteiger partial charge on any atom is 0.128 e. The van der Waals surface area contributed by atoms with Gasteiger partial charge in [-0.25, -0.2) is 0 Å². The first-order valence-corrected chi connectivity index (χ1v) is 4.22. The first kappa shape index (κ1) is 10.8. The van der Waals surface area contributed by atoms with Crippen LogP contribution in [-0.2, 0) is 13.2 Å². The number of rotatable bonds is 4. The van der Waals surface area contributed by atoms with E-state index in [0.717, 1.165) is 0 Å². The van der Waals surface area contributed by atoms with Gasteiger partial charge in [0, 0.05) is 17.2 Å². The van der Waals surface area contributed by atoms with Crippen molar-refractivity contribution in [3.05, 3.63) is 23.3 Å². The molecule has 0 fully saturated rings. The van der Waals surface area contributed by atoms with Gasteiger partial charge in [0.1, 0.15) is 11.5 Å². The van der Waals surface area contributed by atoms with Crippen molar-refractivity contribution in [3.63, 3.8) is 0 Å². The second kappa shape index (κ2) is 4.83. The van der Waals surface area contributed by atoms with Gasteiger partial charge in [-0.15, -0.1) is 0 Å². The van der Waals surface area contributed by atoms with Gasteiger partial charge in [-0.3, -0.25) is 0 Å². The van der Waals surface area contributed by atoms with Gasteiger partial charge in [0.2, 0.25) is 0 Å². The maximum absolute atomic E-state index is 9.03. The van der Waals surface area contributed by atoms with Crippen molar-refractivity contribution in [3.8, 4) is 11.5 Å². The van der Waals surface area contributed by atoms with E-state index in [0.29, 0.717) is 22.6 Å². The summed E-state index contributed by atoms with van der Waals surface area (Å²) in [6.45, 7) is -0.250. The smallest absolute Gasteiger partial charge is 0.128 e. The molecule has 0 amide bonds. The van der Waals surface area contributed by atoms with Crippen LogP contribution in [0.2, 0.25) is 0 Å². The van der Waals surface area contributed by atoms with Crippen molar-refractivity contribution in [1.29, 1.82) is 0 Å². The van der Waals surface area contributed by atoms with Crippen molar-refractivity contribution >= 4 is 0 Å². The SMILES string of the molecule is COc1cc(OC)c(CO)cc1CO.